The molecule has 0 aliphatic heterocycles. The molecule has 2 amide bonds. The van der Waals surface area contributed by atoms with Gasteiger partial charge >= 0.3 is 11.8 Å². The van der Waals surface area contributed by atoms with Crippen molar-refractivity contribution in [2.75, 3.05) is 18.9 Å². The van der Waals surface area contributed by atoms with E-state index < -0.39 is 23.7 Å². The van der Waals surface area contributed by atoms with Gasteiger partial charge in [-0.15, -0.1) is 0 Å². The third-order valence-corrected chi connectivity index (χ3v) is 4.08. The van der Waals surface area contributed by atoms with Crippen molar-refractivity contribution in [2.45, 2.75) is 25.4 Å². The minimum absolute atomic E-state index is 0.0194. The summed E-state index contributed by atoms with van der Waals surface area (Å²) in [6.07, 6.45) is 2.02. The number of amides is 2. The van der Waals surface area contributed by atoms with Crippen LogP contribution < -0.4 is 5.32 Å². The van der Waals surface area contributed by atoms with E-state index in [1.165, 1.54) is 24.1 Å². The van der Waals surface area contributed by atoms with Gasteiger partial charge in [-0.2, -0.15) is 0 Å². The van der Waals surface area contributed by atoms with Crippen molar-refractivity contribution < 1.29 is 19.1 Å². The second-order valence-corrected chi connectivity index (χ2v) is 5.96. The Morgan fingerprint density at radius 3 is 2.77 bits per heavy atom. The molecule has 2 N–H and O–H groups in total. The zero-order chi connectivity index (χ0) is 16.3. The Balaban J connectivity index is 1.95. The molecule has 2 atom stereocenters. The van der Waals surface area contributed by atoms with Gasteiger partial charge in [0.2, 0.25) is 0 Å². The predicted molar refractivity (Wildman–Crippen MR) is 81.0 cm³/mol. The molecule has 1 aromatic rings. The van der Waals surface area contributed by atoms with E-state index in [9.17, 15) is 19.1 Å². The highest BCUT2D eigenvalue weighted by atomic mass is 35.5. The summed E-state index contributed by atoms with van der Waals surface area (Å²) in [5.41, 5.74) is -0.1000. The SMILES string of the molecule is CN(CC1CCCC1O)C(=O)C(=O)Nc1ccc(Cl)cc1F. The molecule has 7 heteroatoms. The number of carbonyl (C=O) groups is 2. The van der Waals surface area contributed by atoms with Crippen LogP contribution in [0.5, 0.6) is 0 Å². The van der Waals surface area contributed by atoms with Gasteiger partial charge in [-0.25, -0.2) is 4.39 Å². The Morgan fingerprint density at radius 2 is 2.18 bits per heavy atom. The molecule has 0 bridgehead atoms. The minimum Gasteiger partial charge on any atom is -0.393 e. The summed E-state index contributed by atoms with van der Waals surface area (Å²) >= 11 is 5.62. The number of halogens is 2. The molecule has 2 rings (SSSR count). The summed E-state index contributed by atoms with van der Waals surface area (Å²) in [7, 11) is 1.49. The zero-order valence-electron chi connectivity index (χ0n) is 12.2. The van der Waals surface area contributed by atoms with E-state index in [2.05, 4.69) is 5.32 Å². The quantitative estimate of drug-likeness (QED) is 0.834. The van der Waals surface area contributed by atoms with Crippen LogP contribution in [0.15, 0.2) is 18.2 Å². The maximum absolute atomic E-state index is 13.6. The van der Waals surface area contributed by atoms with Gasteiger partial charge in [-0.05, 0) is 31.0 Å². The fraction of sp³-hybridized carbons (Fsp3) is 0.467. The summed E-state index contributed by atoms with van der Waals surface area (Å²) in [6, 6.07) is 3.77. The van der Waals surface area contributed by atoms with Crippen molar-refractivity contribution in [1.29, 1.82) is 0 Å². The number of benzene rings is 1. The number of likely N-dealkylation sites (N-methyl/N-ethyl adjacent to an activating group) is 1. The molecule has 5 nitrogen and oxygen atoms in total. The van der Waals surface area contributed by atoms with E-state index >= 15 is 0 Å². The van der Waals surface area contributed by atoms with E-state index in [4.69, 9.17) is 11.6 Å². The van der Waals surface area contributed by atoms with Crippen molar-refractivity contribution in [2.24, 2.45) is 5.92 Å². The fourth-order valence-corrected chi connectivity index (χ4v) is 2.76. The molecular formula is C15H18ClFN2O3. The third kappa shape index (κ3) is 3.96. The zero-order valence-corrected chi connectivity index (χ0v) is 12.9. The summed E-state index contributed by atoms with van der Waals surface area (Å²) in [5.74, 6) is -2.42. The Bertz CT molecular complexity index is 582. The molecule has 1 aromatic carbocycles. The number of aliphatic hydroxyl groups excluding tert-OH is 1. The van der Waals surface area contributed by atoms with Crippen LogP contribution in [0.1, 0.15) is 19.3 Å². The number of hydrogen-bond acceptors (Lipinski definition) is 3. The monoisotopic (exact) mass is 328 g/mol. The molecule has 2 unspecified atom stereocenters. The smallest absolute Gasteiger partial charge is 0.313 e. The highest BCUT2D eigenvalue weighted by Crippen LogP contribution is 2.26. The summed E-state index contributed by atoms with van der Waals surface area (Å²) in [4.78, 5) is 25.1. The molecule has 0 radical (unpaired) electrons. The Morgan fingerprint density at radius 1 is 1.45 bits per heavy atom. The molecule has 22 heavy (non-hydrogen) atoms. The van der Waals surface area contributed by atoms with Crippen LogP contribution in [0.3, 0.4) is 0 Å². The van der Waals surface area contributed by atoms with Gasteiger partial charge in [0.25, 0.3) is 0 Å². The Kier molecular flexibility index (Phi) is 5.37. The lowest BCUT2D eigenvalue weighted by Crippen LogP contribution is -2.41. The summed E-state index contributed by atoms with van der Waals surface area (Å²) < 4.78 is 13.6. The standard InChI is InChI=1S/C15H18ClFN2O3/c1-19(8-9-3-2-4-13(9)20)15(22)14(21)18-12-6-5-10(16)7-11(12)17/h5-7,9,13,20H,2-4,8H2,1H3,(H,18,21). The lowest BCUT2D eigenvalue weighted by molar-refractivity contribution is -0.142. The molecule has 1 aliphatic carbocycles. The topological polar surface area (TPSA) is 69.6 Å². The Labute approximate surface area is 133 Å². The van der Waals surface area contributed by atoms with Crippen molar-refractivity contribution in [3.8, 4) is 0 Å². The van der Waals surface area contributed by atoms with Crippen LogP contribution in [0.2, 0.25) is 5.02 Å². The lowest BCUT2D eigenvalue weighted by atomic mass is 10.1. The van der Waals surface area contributed by atoms with E-state index in [0.29, 0.717) is 6.54 Å². The first-order chi connectivity index (χ1) is 10.4. The van der Waals surface area contributed by atoms with Gasteiger partial charge in [-0.1, -0.05) is 18.0 Å². The van der Waals surface area contributed by atoms with Crippen LogP contribution in [0.4, 0.5) is 10.1 Å². The van der Waals surface area contributed by atoms with E-state index in [0.717, 1.165) is 25.3 Å². The Hall–Kier alpha value is -1.66. The van der Waals surface area contributed by atoms with E-state index in [1.807, 2.05) is 0 Å². The maximum atomic E-state index is 13.6. The molecule has 1 saturated carbocycles. The predicted octanol–water partition coefficient (Wildman–Crippen LogP) is 2.04. The van der Waals surface area contributed by atoms with Gasteiger partial charge in [0, 0.05) is 24.5 Å². The molecule has 0 saturated heterocycles. The first-order valence-corrected chi connectivity index (χ1v) is 7.46. The second kappa shape index (κ2) is 7.07. The maximum Gasteiger partial charge on any atom is 0.313 e. The molecular weight excluding hydrogens is 311 g/mol. The van der Waals surface area contributed by atoms with Crippen LogP contribution in [0, 0.1) is 11.7 Å². The van der Waals surface area contributed by atoms with Crippen molar-refractivity contribution >= 4 is 29.1 Å². The van der Waals surface area contributed by atoms with E-state index in [-0.39, 0.29) is 16.6 Å². The molecule has 0 heterocycles. The first-order valence-electron chi connectivity index (χ1n) is 7.08. The van der Waals surface area contributed by atoms with Crippen molar-refractivity contribution in [1.82, 2.24) is 4.90 Å². The van der Waals surface area contributed by atoms with Gasteiger partial charge < -0.3 is 15.3 Å². The number of nitrogens with one attached hydrogen (secondary N) is 1. The normalized spacial score (nSPS) is 20.7. The number of nitrogens with zero attached hydrogens (tertiary/aromatic N) is 1. The number of hydrogen-bond donors (Lipinski definition) is 2. The number of rotatable bonds is 3. The minimum atomic E-state index is -0.920. The van der Waals surface area contributed by atoms with Crippen molar-refractivity contribution in [3.05, 3.63) is 29.0 Å². The molecule has 120 valence electrons. The van der Waals surface area contributed by atoms with E-state index in [1.54, 1.807) is 0 Å². The summed E-state index contributed by atoms with van der Waals surface area (Å²) in [5, 5.41) is 12.2. The number of aliphatic hydroxyl groups is 1. The largest absolute Gasteiger partial charge is 0.393 e. The van der Waals surface area contributed by atoms with Crippen molar-refractivity contribution in [3.63, 3.8) is 0 Å². The van der Waals surface area contributed by atoms with Crippen LogP contribution in [-0.4, -0.2) is 41.5 Å². The first kappa shape index (κ1) is 16.7. The van der Waals surface area contributed by atoms with Gasteiger partial charge in [0.05, 0.1) is 11.8 Å². The number of anilines is 1. The third-order valence-electron chi connectivity index (χ3n) is 3.85. The fourth-order valence-electron chi connectivity index (χ4n) is 2.60. The molecule has 1 aliphatic rings. The van der Waals surface area contributed by atoms with Crippen LogP contribution >= 0.6 is 11.6 Å². The lowest BCUT2D eigenvalue weighted by Gasteiger charge is -2.22. The van der Waals surface area contributed by atoms with Gasteiger partial charge in [-0.3, -0.25) is 9.59 Å². The van der Waals surface area contributed by atoms with Gasteiger partial charge in [0.15, 0.2) is 0 Å². The molecule has 0 spiro atoms. The number of carbonyl (C=O) groups excluding carboxylic acids is 2. The van der Waals surface area contributed by atoms with Gasteiger partial charge in [0.1, 0.15) is 5.82 Å². The average Bonchev–Trinajstić information content (AvgIpc) is 2.86. The van der Waals surface area contributed by atoms with Crippen LogP contribution in [-0.2, 0) is 9.59 Å². The molecule has 1 fully saturated rings. The molecule has 0 aromatic heterocycles. The highest BCUT2D eigenvalue weighted by molar-refractivity contribution is 6.39. The summed E-state index contributed by atoms with van der Waals surface area (Å²) in [6.45, 7) is 0.302. The van der Waals surface area contributed by atoms with Crippen LogP contribution in [0.25, 0.3) is 0 Å². The highest BCUT2D eigenvalue weighted by Gasteiger charge is 2.29. The second-order valence-electron chi connectivity index (χ2n) is 5.52. The average molecular weight is 329 g/mol.